The molecule has 0 N–H and O–H groups in total. The van der Waals surface area contributed by atoms with Crippen LogP contribution in [0.5, 0.6) is 5.75 Å². The summed E-state index contributed by atoms with van der Waals surface area (Å²) in [6.07, 6.45) is 5.38. The molecule has 3 heterocycles. The Labute approximate surface area is 214 Å². The summed E-state index contributed by atoms with van der Waals surface area (Å²) in [7, 11) is -2.00. The third-order valence-electron chi connectivity index (χ3n) is 6.26. The molecule has 2 aromatic heterocycles. The van der Waals surface area contributed by atoms with Crippen LogP contribution in [-0.4, -0.2) is 43.8 Å². The number of anilines is 1. The van der Waals surface area contributed by atoms with Gasteiger partial charge in [-0.15, -0.1) is 0 Å². The summed E-state index contributed by atoms with van der Waals surface area (Å²) in [6.45, 7) is 1.25. The number of carbonyl (C=O) groups is 1. The molecule has 1 aliphatic heterocycles. The van der Waals surface area contributed by atoms with E-state index in [1.807, 2.05) is 18.2 Å². The number of carbonyl (C=O) groups excluding carboxylic acids is 1. The largest absolute Gasteiger partial charge is 0.497 e. The number of nitrogens with zero attached hydrogens (tertiary/aromatic N) is 3. The highest BCUT2D eigenvalue weighted by Gasteiger charge is 2.27. The van der Waals surface area contributed by atoms with E-state index in [-0.39, 0.29) is 17.3 Å². The number of ether oxygens (including phenoxy) is 1. The van der Waals surface area contributed by atoms with Crippen LogP contribution in [0.4, 0.5) is 5.13 Å². The van der Waals surface area contributed by atoms with Crippen molar-refractivity contribution in [2.45, 2.75) is 37.1 Å². The van der Waals surface area contributed by atoms with Crippen molar-refractivity contribution < 1.29 is 22.4 Å². The van der Waals surface area contributed by atoms with Gasteiger partial charge in [-0.3, -0.25) is 9.69 Å². The number of aromatic nitrogens is 1. The molecule has 8 nitrogen and oxygen atoms in total. The Morgan fingerprint density at radius 2 is 1.83 bits per heavy atom. The maximum Gasteiger partial charge on any atom is 0.260 e. The van der Waals surface area contributed by atoms with Crippen LogP contribution < -0.4 is 9.64 Å². The van der Waals surface area contributed by atoms with Crippen LogP contribution in [0.3, 0.4) is 0 Å². The van der Waals surface area contributed by atoms with E-state index < -0.39 is 10.0 Å². The number of furan rings is 1. The van der Waals surface area contributed by atoms with Crippen LogP contribution in [0.15, 0.2) is 70.2 Å². The zero-order valence-electron chi connectivity index (χ0n) is 19.9. The number of sulfonamides is 1. The maximum atomic E-state index is 13.6. The first-order valence-electron chi connectivity index (χ1n) is 11.8. The molecule has 10 heteroatoms. The highest BCUT2D eigenvalue weighted by atomic mass is 32.2. The first kappa shape index (κ1) is 24.5. The van der Waals surface area contributed by atoms with Crippen molar-refractivity contribution >= 4 is 42.6 Å². The Kier molecular flexibility index (Phi) is 7.08. The lowest BCUT2D eigenvalue weighted by molar-refractivity contribution is 0.0983. The van der Waals surface area contributed by atoms with Gasteiger partial charge in [0.15, 0.2) is 5.13 Å². The van der Waals surface area contributed by atoms with Gasteiger partial charge >= 0.3 is 0 Å². The van der Waals surface area contributed by atoms with Crippen molar-refractivity contribution in [2.75, 3.05) is 25.1 Å². The van der Waals surface area contributed by atoms with Crippen molar-refractivity contribution in [3.63, 3.8) is 0 Å². The van der Waals surface area contributed by atoms with Gasteiger partial charge in [0, 0.05) is 24.7 Å². The molecule has 2 aromatic carbocycles. The zero-order chi connectivity index (χ0) is 25.1. The van der Waals surface area contributed by atoms with E-state index >= 15 is 0 Å². The Hall–Kier alpha value is -3.21. The predicted octanol–water partition coefficient (Wildman–Crippen LogP) is 5.31. The Morgan fingerprint density at radius 3 is 2.50 bits per heavy atom. The fraction of sp³-hybridized carbons (Fsp3) is 0.308. The zero-order valence-corrected chi connectivity index (χ0v) is 21.6. The SMILES string of the molecule is COc1ccc2sc(N(Cc3ccco3)C(=O)c3ccc(S(=O)(=O)N4CCCCCC4)cc3)nc2c1. The summed E-state index contributed by atoms with van der Waals surface area (Å²) in [5.41, 5.74) is 1.10. The minimum Gasteiger partial charge on any atom is -0.497 e. The third-order valence-corrected chi connectivity index (χ3v) is 9.23. The molecule has 0 atom stereocenters. The second kappa shape index (κ2) is 10.4. The van der Waals surface area contributed by atoms with Gasteiger partial charge in [0.25, 0.3) is 5.91 Å². The second-order valence-electron chi connectivity index (χ2n) is 8.64. The summed E-state index contributed by atoms with van der Waals surface area (Å²) in [5, 5.41) is 0.515. The minimum absolute atomic E-state index is 0.191. The minimum atomic E-state index is -3.59. The number of thiazole rings is 1. The normalized spacial score (nSPS) is 15.0. The summed E-state index contributed by atoms with van der Waals surface area (Å²) in [4.78, 5) is 20.1. The van der Waals surface area contributed by atoms with E-state index in [4.69, 9.17) is 9.15 Å². The standard InChI is InChI=1S/C26H27N3O5S2/c1-33-20-10-13-24-23(17-20)27-26(35-24)29(18-21-7-6-16-34-21)25(30)19-8-11-22(12-9-19)36(31,32)28-14-4-2-3-5-15-28/h6-13,16-17H,2-5,14-15,18H2,1H3. The van der Waals surface area contributed by atoms with Gasteiger partial charge < -0.3 is 9.15 Å². The molecule has 36 heavy (non-hydrogen) atoms. The number of benzene rings is 2. The fourth-order valence-electron chi connectivity index (χ4n) is 4.28. The van der Waals surface area contributed by atoms with Crippen LogP contribution in [0.25, 0.3) is 10.2 Å². The molecule has 0 bridgehead atoms. The van der Waals surface area contributed by atoms with E-state index in [1.165, 1.54) is 23.5 Å². The third kappa shape index (κ3) is 5.02. The Morgan fingerprint density at radius 1 is 1.08 bits per heavy atom. The molecule has 0 unspecified atom stereocenters. The molecule has 1 amide bonds. The van der Waals surface area contributed by atoms with Crippen LogP contribution in [-0.2, 0) is 16.6 Å². The summed E-state index contributed by atoms with van der Waals surface area (Å²) >= 11 is 1.39. The first-order valence-corrected chi connectivity index (χ1v) is 14.1. The molecule has 0 saturated carbocycles. The van der Waals surface area contributed by atoms with E-state index in [0.717, 1.165) is 35.9 Å². The quantitative estimate of drug-likeness (QED) is 0.325. The lowest BCUT2D eigenvalue weighted by Crippen LogP contribution is -2.32. The second-order valence-corrected chi connectivity index (χ2v) is 11.6. The fourth-order valence-corrected chi connectivity index (χ4v) is 6.74. The van der Waals surface area contributed by atoms with Crippen LogP contribution in [0.2, 0.25) is 0 Å². The number of rotatable bonds is 7. The first-order chi connectivity index (χ1) is 17.5. The number of methoxy groups -OCH3 is 1. The molecule has 1 aliphatic rings. The van der Waals surface area contributed by atoms with Gasteiger partial charge in [0.05, 0.1) is 35.0 Å². The molecule has 0 radical (unpaired) electrons. The van der Waals surface area contributed by atoms with E-state index in [9.17, 15) is 13.2 Å². The number of amides is 1. The molecule has 0 spiro atoms. The molecule has 1 saturated heterocycles. The van der Waals surface area contributed by atoms with Crippen LogP contribution >= 0.6 is 11.3 Å². The molecule has 188 valence electrons. The van der Waals surface area contributed by atoms with Crippen molar-refractivity contribution in [1.29, 1.82) is 0 Å². The van der Waals surface area contributed by atoms with Gasteiger partial charge in [-0.05, 0) is 61.4 Å². The predicted molar refractivity (Wildman–Crippen MR) is 139 cm³/mol. The Balaban J connectivity index is 1.45. The van der Waals surface area contributed by atoms with Gasteiger partial charge in [-0.2, -0.15) is 4.31 Å². The molecular weight excluding hydrogens is 498 g/mol. The molecule has 4 aromatic rings. The molecule has 1 fully saturated rings. The highest BCUT2D eigenvalue weighted by molar-refractivity contribution is 7.89. The smallest absolute Gasteiger partial charge is 0.260 e. The lowest BCUT2D eigenvalue weighted by Gasteiger charge is -2.21. The van der Waals surface area contributed by atoms with Gasteiger partial charge in [-0.1, -0.05) is 24.2 Å². The highest BCUT2D eigenvalue weighted by Crippen LogP contribution is 2.33. The summed E-state index contributed by atoms with van der Waals surface area (Å²) in [5.74, 6) is 1.00. The van der Waals surface area contributed by atoms with Gasteiger partial charge in [0.1, 0.15) is 11.5 Å². The average molecular weight is 526 g/mol. The maximum absolute atomic E-state index is 13.6. The van der Waals surface area contributed by atoms with Gasteiger partial charge in [0.2, 0.25) is 10.0 Å². The van der Waals surface area contributed by atoms with Crippen molar-refractivity contribution in [3.8, 4) is 5.75 Å². The van der Waals surface area contributed by atoms with Crippen molar-refractivity contribution in [2.24, 2.45) is 0 Å². The van der Waals surface area contributed by atoms with Gasteiger partial charge in [-0.25, -0.2) is 13.4 Å². The topological polar surface area (TPSA) is 92.9 Å². The molecule has 0 aliphatic carbocycles. The summed E-state index contributed by atoms with van der Waals surface area (Å²) in [6, 6.07) is 15.3. The number of hydrogen-bond donors (Lipinski definition) is 0. The van der Waals surface area contributed by atoms with E-state index in [2.05, 4.69) is 4.98 Å². The van der Waals surface area contributed by atoms with Crippen LogP contribution in [0.1, 0.15) is 41.8 Å². The lowest BCUT2D eigenvalue weighted by atomic mass is 10.2. The number of hydrogen-bond acceptors (Lipinski definition) is 7. The summed E-state index contributed by atoms with van der Waals surface area (Å²) < 4.78 is 39.5. The molecular formula is C26H27N3O5S2. The van der Waals surface area contributed by atoms with Crippen molar-refractivity contribution in [3.05, 3.63) is 72.2 Å². The van der Waals surface area contributed by atoms with E-state index in [1.54, 1.807) is 46.8 Å². The molecule has 5 rings (SSSR count). The van der Waals surface area contributed by atoms with Crippen LogP contribution in [0, 0.1) is 0 Å². The van der Waals surface area contributed by atoms with Crippen molar-refractivity contribution in [1.82, 2.24) is 9.29 Å². The average Bonchev–Trinajstić information content (AvgIpc) is 3.48. The monoisotopic (exact) mass is 525 g/mol. The Bertz CT molecular complexity index is 1440. The van der Waals surface area contributed by atoms with E-state index in [0.29, 0.717) is 35.3 Å². The number of fused-ring (bicyclic) bond motifs is 1.